The molecule has 0 aliphatic heterocycles. The van der Waals surface area contributed by atoms with Crippen molar-refractivity contribution in [3.8, 4) is 28.6 Å². The normalized spacial score (nSPS) is 11.4. The Morgan fingerprint density at radius 3 is 1.88 bits per heavy atom. The Morgan fingerprint density at radius 2 is 1.33 bits per heavy atom. The van der Waals surface area contributed by atoms with Crippen LogP contribution in [0, 0.1) is 0 Å². The fourth-order valence-corrected chi connectivity index (χ4v) is 4.41. The highest BCUT2D eigenvalue weighted by Crippen LogP contribution is 2.32. The van der Waals surface area contributed by atoms with Crippen LogP contribution in [-0.4, -0.2) is 29.0 Å². The van der Waals surface area contributed by atoms with Crippen LogP contribution in [0.3, 0.4) is 0 Å². The van der Waals surface area contributed by atoms with E-state index in [0.29, 0.717) is 0 Å². The molecular weight excluding hydrogens is 430 g/mol. The van der Waals surface area contributed by atoms with Gasteiger partial charge in [0.1, 0.15) is 11.5 Å². The zero-order valence-corrected chi connectivity index (χ0v) is 20.5. The SMILES string of the molecule is COc1ccc(CSc2nnc(-c3ccc(C(C)(C)C)cc3)n2-c2ccc(OC)cc2)cc1. The van der Waals surface area contributed by atoms with E-state index in [-0.39, 0.29) is 5.41 Å². The lowest BCUT2D eigenvalue weighted by Crippen LogP contribution is -2.10. The Hall–Kier alpha value is -3.25. The minimum atomic E-state index is 0.0988. The fourth-order valence-electron chi connectivity index (χ4n) is 3.50. The minimum absolute atomic E-state index is 0.0988. The number of hydrogen-bond acceptors (Lipinski definition) is 5. The highest BCUT2D eigenvalue weighted by atomic mass is 32.2. The van der Waals surface area contributed by atoms with Crippen LogP contribution in [0.25, 0.3) is 17.1 Å². The third-order valence-electron chi connectivity index (χ3n) is 5.50. The highest BCUT2D eigenvalue weighted by Gasteiger charge is 2.18. The molecule has 0 unspecified atom stereocenters. The van der Waals surface area contributed by atoms with Gasteiger partial charge in [-0.05, 0) is 52.9 Å². The average molecular weight is 460 g/mol. The van der Waals surface area contributed by atoms with Gasteiger partial charge in [-0.2, -0.15) is 0 Å². The van der Waals surface area contributed by atoms with Gasteiger partial charge in [0.25, 0.3) is 0 Å². The van der Waals surface area contributed by atoms with Crippen molar-refractivity contribution in [3.63, 3.8) is 0 Å². The Kier molecular flexibility index (Phi) is 6.75. The Labute approximate surface area is 199 Å². The zero-order valence-electron chi connectivity index (χ0n) is 19.7. The molecule has 0 saturated heterocycles. The lowest BCUT2D eigenvalue weighted by atomic mass is 9.87. The molecule has 0 bridgehead atoms. The summed E-state index contributed by atoms with van der Waals surface area (Å²) in [5.41, 5.74) is 4.61. The molecule has 5 nitrogen and oxygen atoms in total. The van der Waals surface area contributed by atoms with Gasteiger partial charge >= 0.3 is 0 Å². The molecule has 1 aromatic heterocycles. The summed E-state index contributed by atoms with van der Waals surface area (Å²) in [5, 5.41) is 9.97. The van der Waals surface area contributed by atoms with Crippen molar-refractivity contribution >= 4 is 11.8 Å². The van der Waals surface area contributed by atoms with E-state index < -0.39 is 0 Å². The van der Waals surface area contributed by atoms with E-state index in [0.717, 1.165) is 39.5 Å². The van der Waals surface area contributed by atoms with E-state index in [4.69, 9.17) is 9.47 Å². The van der Waals surface area contributed by atoms with Gasteiger partial charge in [0.05, 0.1) is 14.2 Å². The summed E-state index contributed by atoms with van der Waals surface area (Å²) < 4.78 is 12.7. The number of nitrogens with zero attached hydrogens (tertiary/aromatic N) is 3. The van der Waals surface area contributed by atoms with Crippen molar-refractivity contribution in [2.24, 2.45) is 0 Å². The number of benzene rings is 3. The van der Waals surface area contributed by atoms with Gasteiger partial charge in [-0.25, -0.2) is 0 Å². The standard InChI is InChI=1S/C27H29N3O2S/c1-27(2,3)21-10-8-20(9-11-21)25-28-29-26(30(25)22-12-16-24(32-5)17-13-22)33-18-19-6-14-23(31-4)15-7-19/h6-17H,18H2,1-5H3. The number of ether oxygens (including phenoxy) is 2. The lowest BCUT2D eigenvalue weighted by molar-refractivity contribution is 0.414. The van der Waals surface area contributed by atoms with Gasteiger partial charge < -0.3 is 9.47 Å². The molecule has 0 spiro atoms. The third-order valence-corrected chi connectivity index (χ3v) is 6.50. The van der Waals surface area contributed by atoms with Crippen molar-refractivity contribution in [2.45, 2.75) is 37.1 Å². The van der Waals surface area contributed by atoms with Crippen molar-refractivity contribution < 1.29 is 9.47 Å². The topological polar surface area (TPSA) is 49.2 Å². The summed E-state index contributed by atoms with van der Waals surface area (Å²) in [6.07, 6.45) is 0. The van der Waals surface area contributed by atoms with Gasteiger partial charge in [-0.15, -0.1) is 10.2 Å². The van der Waals surface area contributed by atoms with E-state index in [2.05, 4.69) is 71.9 Å². The molecule has 170 valence electrons. The predicted octanol–water partition coefficient (Wildman–Crippen LogP) is 6.54. The second-order valence-corrected chi connectivity index (χ2v) is 9.75. The van der Waals surface area contributed by atoms with Gasteiger partial charge in [0.15, 0.2) is 11.0 Å². The van der Waals surface area contributed by atoms with Crippen LogP contribution in [0.5, 0.6) is 11.5 Å². The van der Waals surface area contributed by atoms with Crippen LogP contribution in [-0.2, 0) is 11.2 Å². The summed E-state index contributed by atoms with van der Waals surface area (Å²) in [5.74, 6) is 3.26. The fraction of sp³-hybridized carbons (Fsp3) is 0.259. The molecule has 0 aliphatic carbocycles. The monoisotopic (exact) mass is 459 g/mol. The number of rotatable bonds is 7. The number of hydrogen-bond donors (Lipinski definition) is 0. The maximum atomic E-state index is 5.34. The van der Waals surface area contributed by atoms with Crippen molar-refractivity contribution in [2.75, 3.05) is 14.2 Å². The molecule has 0 amide bonds. The molecule has 6 heteroatoms. The van der Waals surface area contributed by atoms with Crippen molar-refractivity contribution in [1.82, 2.24) is 14.8 Å². The number of methoxy groups -OCH3 is 2. The van der Waals surface area contributed by atoms with Gasteiger partial charge in [-0.3, -0.25) is 4.57 Å². The summed E-state index contributed by atoms with van der Waals surface area (Å²) in [6.45, 7) is 6.65. The molecule has 0 aliphatic rings. The number of aromatic nitrogens is 3. The quantitative estimate of drug-likeness (QED) is 0.294. The summed E-state index contributed by atoms with van der Waals surface area (Å²) in [7, 11) is 3.35. The maximum absolute atomic E-state index is 5.34. The first-order valence-electron chi connectivity index (χ1n) is 10.9. The Morgan fingerprint density at radius 1 is 0.758 bits per heavy atom. The average Bonchev–Trinajstić information content (AvgIpc) is 3.26. The second-order valence-electron chi connectivity index (χ2n) is 8.80. The molecule has 0 radical (unpaired) electrons. The molecular formula is C27H29N3O2S. The largest absolute Gasteiger partial charge is 0.497 e. The minimum Gasteiger partial charge on any atom is -0.497 e. The molecule has 0 N–H and O–H groups in total. The molecule has 4 aromatic rings. The Balaban J connectivity index is 1.69. The first-order valence-corrected chi connectivity index (χ1v) is 11.8. The molecule has 3 aromatic carbocycles. The maximum Gasteiger partial charge on any atom is 0.196 e. The zero-order chi connectivity index (χ0) is 23.4. The molecule has 1 heterocycles. The molecule has 0 saturated carbocycles. The van der Waals surface area contributed by atoms with Crippen LogP contribution in [0.1, 0.15) is 31.9 Å². The third kappa shape index (κ3) is 5.22. The molecule has 0 atom stereocenters. The molecule has 0 fully saturated rings. The van der Waals surface area contributed by atoms with E-state index in [1.165, 1.54) is 11.1 Å². The van der Waals surface area contributed by atoms with Gasteiger partial charge in [0.2, 0.25) is 0 Å². The van der Waals surface area contributed by atoms with Crippen LogP contribution >= 0.6 is 11.8 Å². The number of thioether (sulfide) groups is 1. The first-order chi connectivity index (χ1) is 15.9. The second kappa shape index (κ2) is 9.71. The summed E-state index contributed by atoms with van der Waals surface area (Å²) in [6, 6.07) is 24.7. The summed E-state index contributed by atoms with van der Waals surface area (Å²) in [4.78, 5) is 0. The molecule has 33 heavy (non-hydrogen) atoms. The van der Waals surface area contributed by atoms with E-state index in [1.54, 1.807) is 26.0 Å². The smallest absolute Gasteiger partial charge is 0.196 e. The van der Waals surface area contributed by atoms with E-state index in [9.17, 15) is 0 Å². The van der Waals surface area contributed by atoms with Gasteiger partial charge in [0, 0.05) is 17.0 Å². The van der Waals surface area contributed by atoms with Crippen LogP contribution < -0.4 is 9.47 Å². The van der Waals surface area contributed by atoms with Crippen LogP contribution in [0.15, 0.2) is 78.0 Å². The van der Waals surface area contributed by atoms with E-state index in [1.807, 2.05) is 36.4 Å². The van der Waals surface area contributed by atoms with Crippen LogP contribution in [0.2, 0.25) is 0 Å². The van der Waals surface area contributed by atoms with E-state index >= 15 is 0 Å². The van der Waals surface area contributed by atoms with Crippen molar-refractivity contribution in [1.29, 1.82) is 0 Å². The molecule has 4 rings (SSSR count). The lowest BCUT2D eigenvalue weighted by Gasteiger charge is -2.19. The Bertz CT molecular complexity index is 1190. The van der Waals surface area contributed by atoms with Gasteiger partial charge in [-0.1, -0.05) is 68.9 Å². The first kappa shape index (κ1) is 22.9. The summed E-state index contributed by atoms with van der Waals surface area (Å²) >= 11 is 1.66. The van der Waals surface area contributed by atoms with Crippen molar-refractivity contribution in [3.05, 3.63) is 83.9 Å². The highest BCUT2D eigenvalue weighted by molar-refractivity contribution is 7.98. The predicted molar refractivity (Wildman–Crippen MR) is 135 cm³/mol. The van der Waals surface area contributed by atoms with Crippen LogP contribution in [0.4, 0.5) is 0 Å².